The summed E-state index contributed by atoms with van der Waals surface area (Å²) in [5.41, 5.74) is 10.2. The van der Waals surface area contributed by atoms with E-state index in [9.17, 15) is 0 Å². The van der Waals surface area contributed by atoms with Gasteiger partial charge in [-0.3, -0.25) is 5.10 Å². The average molecular weight is 247 g/mol. The maximum Gasteiger partial charge on any atom is 0.161 e. The number of nitrogens with zero attached hydrogens (tertiary/aromatic N) is 1. The predicted molar refractivity (Wildman–Crippen MR) is 71.0 cm³/mol. The van der Waals surface area contributed by atoms with Gasteiger partial charge in [0.05, 0.1) is 25.6 Å². The second-order valence-electron chi connectivity index (χ2n) is 4.13. The van der Waals surface area contributed by atoms with Crippen LogP contribution < -0.4 is 15.2 Å². The Hall–Kier alpha value is -2.17. The Balaban J connectivity index is 2.61. The number of benzene rings is 1. The van der Waals surface area contributed by atoms with Crippen molar-refractivity contribution in [2.75, 3.05) is 20.0 Å². The fourth-order valence-corrected chi connectivity index (χ4v) is 1.88. The molecule has 96 valence electrons. The molecule has 1 aromatic carbocycles. The summed E-state index contributed by atoms with van der Waals surface area (Å²) in [6, 6.07) is 3.80. The molecule has 1 heterocycles. The first-order chi connectivity index (χ1) is 8.58. The highest BCUT2D eigenvalue weighted by Crippen LogP contribution is 2.36. The number of ether oxygens (including phenoxy) is 2. The van der Waals surface area contributed by atoms with Crippen molar-refractivity contribution in [3.63, 3.8) is 0 Å². The summed E-state index contributed by atoms with van der Waals surface area (Å²) >= 11 is 0. The largest absolute Gasteiger partial charge is 0.493 e. The highest BCUT2D eigenvalue weighted by atomic mass is 16.5. The summed E-state index contributed by atoms with van der Waals surface area (Å²) in [4.78, 5) is 0. The van der Waals surface area contributed by atoms with E-state index in [1.165, 1.54) is 0 Å². The van der Waals surface area contributed by atoms with Gasteiger partial charge in [0, 0.05) is 5.56 Å². The number of nitrogens with one attached hydrogen (secondary N) is 1. The van der Waals surface area contributed by atoms with Gasteiger partial charge in [0.25, 0.3) is 0 Å². The summed E-state index contributed by atoms with van der Waals surface area (Å²) in [7, 11) is 3.22. The molecule has 1 aromatic heterocycles. The predicted octanol–water partition coefficient (Wildman–Crippen LogP) is 2.29. The molecule has 0 aliphatic heterocycles. The Kier molecular flexibility index (Phi) is 3.14. The molecular formula is C13H17N3O2. The van der Waals surface area contributed by atoms with Crippen molar-refractivity contribution >= 4 is 5.69 Å². The van der Waals surface area contributed by atoms with Crippen molar-refractivity contribution < 1.29 is 9.47 Å². The zero-order valence-corrected chi connectivity index (χ0v) is 11.0. The molecule has 0 fully saturated rings. The molecular weight excluding hydrogens is 230 g/mol. The van der Waals surface area contributed by atoms with E-state index in [1.807, 2.05) is 26.0 Å². The van der Waals surface area contributed by atoms with Crippen LogP contribution in [0.2, 0.25) is 0 Å². The molecule has 2 rings (SSSR count). The van der Waals surface area contributed by atoms with Gasteiger partial charge in [0.15, 0.2) is 11.5 Å². The number of H-pyrrole nitrogens is 1. The number of anilines is 1. The minimum absolute atomic E-state index is 0.658. The zero-order chi connectivity index (χ0) is 13.3. The molecule has 0 spiro atoms. The number of aromatic nitrogens is 2. The fourth-order valence-electron chi connectivity index (χ4n) is 1.88. The van der Waals surface area contributed by atoms with E-state index in [-0.39, 0.29) is 0 Å². The summed E-state index contributed by atoms with van der Waals surface area (Å²) < 4.78 is 10.6. The van der Waals surface area contributed by atoms with Crippen molar-refractivity contribution in [2.45, 2.75) is 13.8 Å². The van der Waals surface area contributed by atoms with Crippen molar-refractivity contribution in [2.24, 2.45) is 0 Å². The van der Waals surface area contributed by atoms with Gasteiger partial charge in [0.2, 0.25) is 0 Å². The van der Waals surface area contributed by atoms with Gasteiger partial charge in [-0.05, 0) is 31.5 Å². The Morgan fingerprint density at radius 2 is 1.72 bits per heavy atom. The number of rotatable bonds is 3. The van der Waals surface area contributed by atoms with Crippen molar-refractivity contribution in [1.29, 1.82) is 0 Å². The molecule has 18 heavy (non-hydrogen) atoms. The Morgan fingerprint density at radius 3 is 2.22 bits per heavy atom. The molecule has 0 amide bonds. The van der Waals surface area contributed by atoms with Crippen LogP contribution >= 0.6 is 0 Å². The molecule has 0 aliphatic rings. The first-order valence-corrected chi connectivity index (χ1v) is 5.62. The quantitative estimate of drug-likeness (QED) is 0.872. The van der Waals surface area contributed by atoms with Crippen LogP contribution in [-0.2, 0) is 0 Å². The van der Waals surface area contributed by atoms with E-state index < -0.39 is 0 Å². The number of hydrogen-bond donors (Lipinski definition) is 2. The van der Waals surface area contributed by atoms with Gasteiger partial charge in [-0.25, -0.2) is 0 Å². The van der Waals surface area contributed by atoms with Crippen LogP contribution in [0.3, 0.4) is 0 Å². The molecule has 5 heteroatoms. The molecule has 0 radical (unpaired) electrons. The monoisotopic (exact) mass is 247 g/mol. The Morgan fingerprint density at radius 1 is 1.11 bits per heavy atom. The smallest absolute Gasteiger partial charge is 0.161 e. The first-order valence-electron chi connectivity index (χ1n) is 5.62. The maximum atomic E-state index is 6.00. The zero-order valence-electron chi connectivity index (χ0n) is 11.0. The average Bonchev–Trinajstić information content (AvgIpc) is 2.70. The molecule has 0 atom stereocenters. The number of nitrogen functional groups attached to an aromatic ring is 1. The van der Waals surface area contributed by atoms with Gasteiger partial charge in [-0.1, -0.05) is 0 Å². The minimum Gasteiger partial charge on any atom is -0.493 e. The van der Waals surface area contributed by atoms with E-state index in [0.717, 1.165) is 22.5 Å². The second-order valence-corrected chi connectivity index (χ2v) is 4.13. The summed E-state index contributed by atoms with van der Waals surface area (Å²) in [5, 5.41) is 7.11. The number of methoxy groups -OCH3 is 2. The third-order valence-corrected chi connectivity index (χ3v) is 2.98. The maximum absolute atomic E-state index is 6.00. The summed E-state index contributed by atoms with van der Waals surface area (Å²) in [5.74, 6) is 1.36. The number of aryl methyl sites for hydroxylation is 2. The van der Waals surface area contributed by atoms with Crippen molar-refractivity contribution in [3.05, 3.63) is 23.4 Å². The highest BCUT2D eigenvalue weighted by molar-refractivity contribution is 5.78. The number of nitrogens with two attached hydrogens (primary N) is 1. The van der Waals surface area contributed by atoms with Gasteiger partial charge in [-0.15, -0.1) is 0 Å². The first kappa shape index (κ1) is 12.3. The lowest BCUT2D eigenvalue weighted by Gasteiger charge is -2.11. The summed E-state index contributed by atoms with van der Waals surface area (Å²) in [6.45, 7) is 3.88. The molecule has 0 bridgehead atoms. The molecule has 2 aromatic rings. The topological polar surface area (TPSA) is 73.2 Å². The van der Waals surface area contributed by atoms with E-state index in [2.05, 4.69) is 10.2 Å². The van der Waals surface area contributed by atoms with Gasteiger partial charge in [-0.2, -0.15) is 5.10 Å². The van der Waals surface area contributed by atoms with Crippen LogP contribution in [0.4, 0.5) is 5.69 Å². The van der Waals surface area contributed by atoms with Crippen LogP contribution in [0, 0.1) is 13.8 Å². The number of hydrogen-bond acceptors (Lipinski definition) is 4. The lowest BCUT2D eigenvalue weighted by molar-refractivity contribution is 0.355. The second kappa shape index (κ2) is 4.60. The lowest BCUT2D eigenvalue weighted by Crippen LogP contribution is -1.95. The standard InChI is InChI=1S/C13H17N3O2/c1-7-5-10(17-3)11(18-4)6-9(7)13-12(14)8(2)15-16-13/h5-6H,14H2,1-4H3,(H,15,16). The van der Waals surface area contributed by atoms with E-state index in [0.29, 0.717) is 17.2 Å². The highest BCUT2D eigenvalue weighted by Gasteiger charge is 2.15. The van der Waals surface area contributed by atoms with Crippen molar-refractivity contribution in [1.82, 2.24) is 10.2 Å². The van der Waals surface area contributed by atoms with Crippen LogP contribution in [0.15, 0.2) is 12.1 Å². The number of aromatic amines is 1. The van der Waals surface area contributed by atoms with Crippen LogP contribution in [-0.4, -0.2) is 24.4 Å². The van der Waals surface area contributed by atoms with Crippen LogP contribution in [0.1, 0.15) is 11.3 Å². The molecule has 0 saturated carbocycles. The van der Waals surface area contributed by atoms with E-state index in [4.69, 9.17) is 15.2 Å². The third-order valence-electron chi connectivity index (χ3n) is 2.98. The Bertz CT molecular complexity index is 576. The van der Waals surface area contributed by atoms with E-state index >= 15 is 0 Å². The summed E-state index contributed by atoms with van der Waals surface area (Å²) in [6.07, 6.45) is 0. The van der Waals surface area contributed by atoms with Crippen molar-refractivity contribution in [3.8, 4) is 22.8 Å². The van der Waals surface area contributed by atoms with Crippen LogP contribution in [0.5, 0.6) is 11.5 Å². The lowest BCUT2D eigenvalue weighted by atomic mass is 10.0. The van der Waals surface area contributed by atoms with Gasteiger partial charge in [0.1, 0.15) is 5.69 Å². The molecule has 0 saturated heterocycles. The molecule has 0 unspecified atom stereocenters. The molecule has 0 aliphatic carbocycles. The van der Waals surface area contributed by atoms with E-state index in [1.54, 1.807) is 14.2 Å². The fraction of sp³-hybridized carbons (Fsp3) is 0.308. The molecule has 5 nitrogen and oxygen atoms in total. The normalized spacial score (nSPS) is 10.4. The molecule has 3 N–H and O–H groups in total. The third kappa shape index (κ3) is 1.88. The SMILES string of the molecule is COc1cc(C)c(-c2n[nH]c(C)c2N)cc1OC. The Labute approximate surface area is 106 Å². The van der Waals surface area contributed by atoms with Crippen LogP contribution in [0.25, 0.3) is 11.3 Å². The van der Waals surface area contributed by atoms with Gasteiger partial charge < -0.3 is 15.2 Å². The minimum atomic E-state index is 0.658. The van der Waals surface area contributed by atoms with Gasteiger partial charge >= 0.3 is 0 Å².